The van der Waals surface area contributed by atoms with E-state index in [2.05, 4.69) is 4.99 Å². The molecule has 0 spiro atoms. The lowest BCUT2D eigenvalue weighted by Crippen LogP contribution is -2.53. The fourth-order valence-corrected chi connectivity index (χ4v) is 2.67. The van der Waals surface area contributed by atoms with Crippen molar-refractivity contribution in [1.29, 1.82) is 0 Å². The first kappa shape index (κ1) is 17.5. The number of nitrogens with two attached hydrogens (primary N) is 1. The summed E-state index contributed by atoms with van der Waals surface area (Å²) in [6, 6.07) is 13.4. The summed E-state index contributed by atoms with van der Waals surface area (Å²) in [5.74, 6) is -2.74. The van der Waals surface area contributed by atoms with Gasteiger partial charge >= 0.3 is 5.92 Å². The highest BCUT2D eigenvalue weighted by Crippen LogP contribution is 2.43. The normalized spacial score (nSPS) is 22.0. The molecule has 0 amide bonds. The van der Waals surface area contributed by atoms with E-state index in [9.17, 15) is 8.78 Å². The Labute approximate surface area is 149 Å². The molecule has 1 atom stereocenters. The third-order valence-corrected chi connectivity index (χ3v) is 4.40. The van der Waals surface area contributed by atoms with Gasteiger partial charge in [-0.1, -0.05) is 35.9 Å². The molecule has 3 rings (SSSR count). The van der Waals surface area contributed by atoms with E-state index in [1.807, 2.05) is 12.1 Å². The molecule has 0 unspecified atom stereocenters. The van der Waals surface area contributed by atoms with Crippen molar-refractivity contribution in [3.05, 3.63) is 64.7 Å². The zero-order chi connectivity index (χ0) is 18.1. The monoisotopic (exact) mass is 366 g/mol. The smallest absolute Gasteiger partial charge is 0.310 e. The molecule has 0 fully saturated rings. The fourth-order valence-electron chi connectivity index (χ4n) is 2.54. The largest absolute Gasteiger partial charge is 0.489 e. The van der Waals surface area contributed by atoms with Crippen LogP contribution in [0.25, 0.3) is 0 Å². The van der Waals surface area contributed by atoms with Crippen molar-refractivity contribution in [1.82, 2.24) is 0 Å². The summed E-state index contributed by atoms with van der Waals surface area (Å²) in [4.78, 5) is 3.49. The Bertz CT molecular complexity index is 796. The molecule has 0 aliphatic carbocycles. The number of rotatable bonds is 4. The molecule has 1 aliphatic heterocycles. The Balaban J connectivity index is 1.81. The molecule has 0 saturated carbocycles. The van der Waals surface area contributed by atoms with Crippen LogP contribution < -0.4 is 10.5 Å². The second-order valence-corrected chi connectivity index (χ2v) is 6.37. The Morgan fingerprint density at radius 1 is 1.24 bits per heavy atom. The van der Waals surface area contributed by atoms with Gasteiger partial charge in [0.15, 0.2) is 5.60 Å². The van der Waals surface area contributed by atoms with E-state index in [4.69, 9.17) is 26.8 Å². The number of halogens is 3. The standard InChI is InChI=1S/C18H17ClF2N2O2/c1-17(18(20,21)11-23-16(22)25-17)13-3-2-4-15(9-13)24-10-12-5-7-14(19)8-6-12/h2-9H,10-11H2,1H3,(H2,22,23)/t17-/m1/s1. The van der Waals surface area contributed by atoms with Crippen LogP contribution in [0, 0.1) is 0 Å². The van der Waals surface area contributed by atoms with Gasteiger partial charge in [0.1, 0.15) is 18.9 Å². The SMILES string of the molecule is C[C@]1(c2cccc(OCc3ccc(Cl)cc3)c2)OC(N)=NCC1(F)F. The Morgan fingerprint density at radius 2 is 1.96 bits per heavy atom. The molecule has 25 heavy (non-hydrogen) atoms. The molecule has 7 heteroatoms. The minimum atomic E-state index is -3.19. The van der Waals surface area contributed by atoms with Gasteiger partial charge in [0.05, 0.1) is 0 Å². The quantitative estimate of drug-likeness (QED) is 0.885. The summed E-state index contributed by atoms with van der Waals surface area (Å²) >= 11 is 5.84. The van der Waals surface area contributed by atoms with Crippen molar-refractivity contribution in [3.8, 4) is 5.75 Å². The Morgan fingerprint density at radius 3 is 2.68 bits per heavy atom. The van der Waals surface area contributed by atoms with Crippen molar-refractivity contribution >= 4 is 17.6 Å². The number of amidine groups is 1. The summed E-state index contributed by atoms with van der Waals surface area (Å²) in [7, 11) is 0. The van der Waals surface area contributed by atoms with Gasteiger partial charge in [0, 0.05) is 10.6 Å². The van der Waals surface area contributed by atoms with Crippen LogP contribution in [0.3, 0.4) is 0 Å². The molecule has 0 bridgehead atoms. The zero-order valence-electron chi connectivity index (χ0n) is 13.5. The Kier molecular flexibility index (Phi) is 4.56. The second-order valence-electron chi connectivity index (χ2n) is 5.94. The molecule has 2 aromatic carbocycles. The van der Waals surface area contributed by atoms with E-state index >= 15 is 0 Å². The molecular weight excluding hydrogens is 350 g/mol. The lowest BCUT2D eigenvalue weighted by atomic mass is 9.88. The maximum absolute atomic E-state index is 14.4. The van der Waals surface area contributed by atoms with Crippen molar-refractivity contribution in [2.24, 2.45) is 10.7 Å². The van der Waals surface area contributed by atoms with E-state index in [0.717, 1.165) is 5.56 Å². The van der Waals surface area contributed by atoms with Gasteiger partial charge < -0.3 is 15.2 Å². The molecule has 2 aromatic rings. The highest BCUT2D eigenvalue weighted by molar-refractivity contribution is 6.30. The van der Waals surface area contributed by atoms with Gasteiger partial charge in [-0.05, 0) is 36.8 Å². The maximum atomic E-state index is 14.4. The first-order valence-electron chi connectivity index (χ1n) is 7.65. The molecule has 4 nitrogen and oxygen atoms in total. The zero-order valence-corrected chi connectivity index (χ0v) is 14.3. The number of hydrogen-bond acceptors (Lipinski definition) is 4. The second kappa shape index (κ2) is 6.52. The van der Waals surface area contributed by atoms with Crippen molar-refractivity contribution in [2.75, 3.05) is 6.54 Å². The highest BCUT2D eigenvalue weighted by atomic mass is 35.5. The van der Waals surface area contributed by atoms with Crippen LogP contribution in [0.5, 0.6) is 5.75 Å². The lowest BCUT2D eigenvalue weighted by Gasteiger charge is -2.39. The van der Waals surface area contributed by atoms with E-state index in [0.29, 0.717) is 10.8 Å². The molecule has 0 aromatic heterocycles. The summed E-state index contributed by atoms with van der Waals surface area (Å²) in [5.41, 5.74) is 4.78. The summed E-state index contributed by atoms with van der Waals surface area (Å²) in [6.45, 7) is 0.871. The van der Waals surface area contributed by atoms with Crippen LogP contribution in [0.15, 0.2) is 53.5 Å². The van der Waals surface area contributed by atoms with Crippen LogP contribution in [-0.4, -0.2) is 18.5 Å². The van der Waals surface area contributed by atoms with Gasteiger partial charge in [-0.15, -0.1) is 0 Å². The molecule has 0 radical (unpaired) electrons. The average Bonchev–Trinajstić information content (AvgIpc) is 2.59. The predicted molar refractivity (Wildman–Crippen MR) is 92.1 cm³/mol. The van der Waals surface area contributed by atoms with Crippen LogP contribution in [-0.2, 0) is 16.9 Å². The third-order valence-electron chi connectivity index (χ3n) is 4.14. The third kappa shape index (κ3) is 3.54. The van der Waals surface area contributed by atoms with E-state index in [1.165, 1.54) is 13.0 Å². The number of nitrogens with zero attached hydrogens (tertiary/aromatic N) is 1. The Hall–Kier alpha value is -2.34. The molecule has 132 valence electrons. The first-order chi connectivity index (χ1) is 11.8. The van der Waals surface area contributed by atoms with Crippen molar-refractivity contribution in [3.63, 3.8) is 0 Å². The number of alkyl halides is 2. The van der Waals surface area contributed by atoms with Gasteiger partial charge in [-0.3, -0.25) is 0 Å². The van der Waals surface area contributed by atoms with Crippen LogP contribution in [0.1, 0.15) is 18.1 Å². The van der Waals surface area contributed by atoms with Gasteiger partial charge in [0.25, 0.3) is 6.02 Å². The maximum Gasteiger partial charge on any atom is 0.310 e. The molecule has 0 saturated heterocycles. The minimum Gasteiger partial charge on any atom is -0.489 e. The molecule has 2 N–H and O–H groups in total. The molecule has 1 aliphatic rings. The fraction of sp³-hybridized carbons (Fsp3) is 0.278. The van der Waals surface area contributed by atoms with E-state index in [-0.39, 0.29) is 18.2 Å². The van der Waals surface area contributed by atoms with E-state index < -0.39 is 18.1 Å². The van der Waals surface area contributed by atoms with Gasteiger partial charge in [-0.2, -0.15) is 8.78 Å². The number of benzene rings is 2. The van der Waals surface area contributed by atoms with Crippen LogP contribution in [0.2, 0.25) is 5.02 Å². The number of aliphatic imine (C=N–C) groups is 1. The van der Waals surface area contributed by atoms with E-state index in [1.54, 1.807) is 30.3 Å². The van der Waals surface area contributed by atoms with Crippen molar-refractivity contribution < 1.29 is 18.3 Å². The predicted octanol–water partition coefficient (Wildman–Crippen LogP) is 4.11. The number of ether oxygens (including phenoxy) is 2. The average molecular weight is 367 g/mol. The minimum absolute atomic E-state index is 0.249. The number of hydrogen-bond donors (Lipinski definition) is 1. The van der Waals surface area contributed by atoms with Gasteiger partial charge in [-0.25, -0.2) is 4.99 Å². The first-order valence-corrected chi connectivity index (χ1v) is 8.02. The lowest BCUT2D eigenvalue weighted by molar-refractivity contribution is -0.172. The van der Waals surface area contributed by atoms with Crippen LogP contribution >= 0.6 is 11.6 Å². The molecule has 1 heterocycles. The van der Waals surface area contributed by atoms with Gasteiger partial charge in [0.2, 0.25) is 0 Å². The highest BCUT2D eigenvalue weighted by Gasteiger charge is 2.56. The summed E-state index contributed by atoms with van der Waals surface area (Å²) < 4.78 is 39.7. The van der Waals surface area contributed by atoms with Crippen LogP contribution in [0.4, 0.5) is 8.78 Å². The topological polar surface area (TPSA) is 56.8 Å². The summed E-state index contributed by atoms with van der Waals surface area (Å²) in [5, 5.41) is 0.634. The molecular formula is C18H17ClF2N2O2. The van der Waals surface area contributed by atoms with Crippen molar-refractivity contribution in [2.45, 2.75) is 25.1 Å². The summed E-state index contributed by atoms with van der Waals surface area (Å²) in [6.07, 6.45) is 0.